The Balaban J connectivity index is 1.25. The molecule has 0 bridgehead atoms. The number of fused-ring (bicyclic) bond motifs is 2. The Morgan fingerprint density at radius 3 is 1.43 bits per heavy atom. The molecule has 5 rings (SSSR count). The van der Waals surface area contributed by atoms with E-state index in [2.05, 4.69) is 6.01 Å². The third-order valence-electron chi connectivity index (χ3n) is 9.24. The van der Waals surface area contributed by atoms with Gasteiger partial charge in [-0.05, 0) is 62.2 Å². The number of hydrogen-bond acceptors (Lipinski definition) is 4. The molecule has 4 saturated carbocycles. The molecule has 0 N–H and O–H groups in total. The van der Waals surface area contributed by atoms with Gasteiger partial charge >= 0.3 is 0 Å². The highest BCUT2D eigenvalue weighted by Gasteiger charge is 2.38. The SMILES string of the molecule is C1=NC2CC(C3CCCCC3)CCC2OCOC2CCC(C3CCCCC3)CC2N=1. The van der Waals surface area contributed by atoms with E-state index in [1.165, 1.54) is 77.0 Å². The minimum Gasteiger partial charge on any atom is -0.350 e. The Labute approximate surface area is 183 Å². The molecule has 6 unspecified atom stereocenters. The van der Waals surface area contributed by atoms with E-state index in [1.807, 2.05) is 0 Å². The first-order valence-corrected chi connectivity index (χ1v) is 13.2. The molecule has 0 aromatic heterocycles. The van der Waals surface area contributed by atoms with Crippen LogP contribution in [0.3, 0.4) is 0 Å². The fraction of sp³-hybridized carbons (Fsp3) is 0.962. The first kappa shape index (κ1) is 21.2. The maximum Gasteiger partial charge on any atom is 0.147 e. The van der Waals surface area contributed by atoms with Crippen LogP contribution in [0.15, 0.2) is 9.98 Å². The molecular weight excluding hydrogens is 372 g/mol. The van der Waals surface area contributed by atoms with E-state index in [0.717, 1.165) is 49.4 Å². The molecule has 5 aliphatic rings. The van der Waals surface area contributed by atoms with Gasteiger partial charge < -0.3 is 9.47 Å². The van der Waals surface area contributed by atoms with E-state index in [1.54, 1.807) is 0 Å². The predicted octanol–water partition coefficient (Wildman–Crippen LogP) is 6.40. The lowest BCUT2D eigenvalue weighted by Gasteiger charge is -2.40. The molecule has 30 heavy (non-hydrogen) atoms. The summed E-state index contributed by atoms with van der Waals surface area (Å²) >= 11 is 0. The van der Waals surface area contributed by atoms with Crippen molar-refractivity contribution in [3.8, 4) is 0 Å². The summed E-state index contributed by atoms with van der Waals surface area (Å²) in [6.45, 7) is 0.426. The van der Waals surface area contributed by atoms with E-state index in [4.69, 9.17) is 19.5 Å². The van der Waals surface area contributed by atoms with Gasteiger partial charge in [-0.15, -0.1) is 0 Å². The first-order valence-electron chi connectivity index (χ1n) is 13.2. The Morgan fingerprint density at radius 1 is 0.500 bits per heavy atom. The summed E-state index contributed by atoms with van der Waals surface area (Å²) in [6.07, 6.45) is 21.8. The maximum atomic E-state index is 6.25. The number of rotatable bonds is 2. The lowest BCUT2D eigenvalue weighted by atomic mass is 9.71. The van der Waals surface area contributed by atoms with Crippen molar-refractivity contribution >= 4 is 6.01 Å². The number of aliphatic imine (C=N–C) groups is 2. The zero-order valence-electron chi connectivity index (χ0n) is 18.9. The van der Waals surface area contributed by atoms with Crippen molar-refractivity contribution in [3.63, 3.8) is 0 Å². The summed E-state index contributed by atoms with van der Waals surface area (Å²) in [5, 5.41) is 0. The first-order chi connectivity index (χ1) is 14.9. The van der Waals surface area contributed by atoms with Gasteiger partial charge in [-0.2, -0.15) is 0 Å². The molecule has 4 aliphatic carbocycles. The van der Waals surface area contributed by atoms with Crippen LogP contribution in [0, 0.1) is 23.7 Å². The summed E-state index contributed by atoms with van der Waals surface area (Å²) in [7, 11) is 0. The van der Waals surface area contributed by atoms with E-state index in [9.17, 15) is 0 Å². The van der Waals surface area contributed by atoms with Crippen LogP contribution in [0.25, 0.3) is 0 Å². The van der Waals surface area contributed by atoms with Crippen LogP contribution < -0.4 is 0 Å². The Bertz CT molecular complexity index is 556. The molecule has 6 atom stereocenters. The van der Waals surface area contributed by atoms with Crippen LogP contribution in [0.1, 0.15) is 103 Å². The van der Waals surface area contributed by atoms with Crippen LogP contribution >= 0.6 is 0 Å². The van der Waals surface area contributed by atoms with Crippen molar-refractivity contribution in [2.45, 2.75) is 127 Å². The molecule has 0 spiro atoms. The van der Waals surface area contributed by atoms with Crippen molar-refractivity contribution < 1.29 is 9.47 Å². The smallest absolute Gasteiger partial charge is 0.147 e. The Kier molecular flexibility index (Phi) is 7.25. The second-order valence-electron chi connectivity index (χ2n) is 11.0. The summed E-state index contributed by atoms with van der Waals surface area (Å²) in [5.74, 6) is 3.47. The molecule has 0 aromatic rings. The van der Waals surface area contributed by atoms with Gasteiger partial charge in [0.1, 0.15) is 6.79 Å². The fourth-order valence-corrected chi connectivity index (χ4v) is 7.42. The minimum atomic E-state index is 0.197. The van der Waals surface area contributed by atoms with Gasteiger partial charge in [0, 0.05) is 0 Å². The number of ether oxygens (including phenoxy) is 2. The van der Waals surface area contributed by atoms with Crippen molar-refractivity contribution in [2.24, 2.45) is 33.7 Å². The molecule has 0 radical (unpaired) electrons. The Hall–Kier alpha value is -0.700. The van der Waals surface area contributed by atoms with Gasteiger partial charge in [-0.3, -0.25) is 0 Å². The Morgan fingerprint density at radius 2 is 0.967 bits per heavy atom. The molecule has 1 heterocycles. The van der Waals surface area contributed by atoms with E-state index in [0.29, 0.717) is 6.79 Å². The molecule has 4 fully saturated rings. The summed E-state index contributed by atoms with van der Waals surface area (Å²) in [5.41, 5.74) is 0. The number of nitrogens with zero attached hydrogens (tertiary/aromatic N) is 2. The lowest BCUT2D eigenvalue weighted by molar-refractivity contribution is -0.146. The van der Waals surface area contributed by atoms with Crippen LogP contribution in [-0.4, -0.2) is 37.1 Å². The van der Waals surface area contributed by atoms with E-state index >= 15 is 0 Å². The summed E-state index contributed by atoms with van der Waals surface area (Å²) in [4.78, 5) is 9.77. The van der Waals surface area contributed by atoms with Gasteiger partial charge in [-0.25, -0.2) is 9.98 Å². The van der Waals surface area contributed by atoms with Crippen molar-refractivity contribution in [1.82, 2.24) is 0 Å². The average Bonchev–Trinajstić information content (AvgIpc) is 2.82. The predicted molar refractivity (Wildman–Crippen MR) is 120 cm³/mol. The van der Waals surface area contributed by atoms with Crippen molar-refractivity contribution in [3.05, 3.63) is 0 Å². The van der Waals surface area contributed by atoms with Gasteiger partial charge in [0.05, 0.1) is 30.3 Å². The van der Waals surface area contributed by atoms with Crippen LogP contribution in [0.4, 0.5) is 0 Å². The highest BCUT2D eigenvalue weighted by Crippen LogP contribution is 2.42. The largest absolute Gasteiger partial charge is 0.350 e. The number of hydrogen-bond donors (Lipinski definition) is 0. The average molecular weight is 415 g/mol. The van der Waals surface area contributed by atoms with Gasteiger partial charge in [0.2, 0.25) is 0 Å². The molecule has 0 aromatic carbocycles. The second-order valence-corrected chi connectivity index (χ2v) is 11.0. The van der Waals surface area contributed by atoms with E-state index in [-0.39, 0.29) is 24.3 Å². The molecule has 0 saturated heterocycles. The molecule has 4 heteroatoms. The maximum absolute atomic E-state index is 6.25. The molecular formula is C26H42N2O2. The van der Waals surface area contributed by atoms with Gasteiger partial charge in [-0.1, -0.05) is 64.2 Å². The topological polar surface area (TPSA) is 43.2 Å². The lowest BCUT2D eigenvalue weighted by Crippen LogP contribution is -2.41. The minimum absolute atomic E-state index is 0.197. The molecule has 0 amide bonds. The normalized spacial score (nSPS) is 41.7. The molecule has 1 aliphatic heterocycles. The zero-order chi connectivity index (χ0) is 20.2. The van der Waals surface area contributed by atoms with Crippen LogP contribution in [0.2, 0.25) is 0 Å². The highest BCUT2D eigenvalue weighted by molar-refractivity contribution is 5.42. The van der Waals surface area contributed by atoms with E-state index < -0.39 is 0 Å². The zero-order valence-corrected chi connectivity index (χ0v) is 18.9. The standard InChI is InChI=1S/C26H42N2O2/c1-3-7-19(8-4-1)21-11-13-25-23(15-21)27-17-28-24-16-22(20-9-5-2-6-10-20)12-14-26(24)30-18-29-25/h19-26H,1-16,18H2. The van der Waals surface area contributed by atoms with Crippen LogP contribution in [0.5, 0.6) is 0 Å². The third-order valence-corrected chi connectivity index (χ3v) is 9.24. The molecule has 168 valence electrons. The quantitative estimate of drug-likeness (QED) is 0.525. The van der Waals surface area contributed by atoms with Gasteiger partial charge in [0.15, 0.2) is 0 Å². The van der Waals surface area contributed by atoms with Crippen molar-refractivity contribution in [1.29, 1.82) is 0 Å². The fourth-order valence-electron chi connectivity index (χ4n) is 7.42. The third kappa shape index (κ3) is 5.03. The summed E-state index contributed by atoms with van der Waals surface area (Å²) < 4.78 is 12.5. The van der Waals surface area contributed by atoms with Crippen LogP contribution in [-0.2, 0) is 9.47 Å². The van der Waals surface area contributed by atoms with Crippen molar-refractivity contribution in [2.75, 3.05) is 6.79 Å². The van der Waals surface area contributed by atoms with Gasteiger partial charge in [0.25, 0.3) is 0 Å². The molecule has 4 nitrogen and oxygen atoms in total. The second kappa shape index (κ2) is 10.3. The summed E-state index contributed by atoms with van der Waals surface area (Å²) in [6, 6.07) is 3.65. The monoisotopic (exact) mass is 414 g/mol. The highest BCUT2D eigenvalue weighted by atomic mass is 16.7.